The Morgan fingerprint density at radius 3 is 2.39 bits per heavy atom. The molecule has 3 aromatic rings. The molecule has 0 atom stereocenters. The van der Waals surface area contributed by atoms with Crippen LogP contribution in [0.5, 0.6) is 0 Å². The first-order chi connectivity index (χ1) is 14.6. The molecule has 5 nitrogen and oxygen atoms in total. The van der Waals surface area contributed by atoms with E-state index in [1.807, 2.05) is 35.4 Å². The lowest BCUT2D eigenvalue weighted by molar-refractivity contribution is -0.137. The lowest BCUT2D eigenvalue weighted by Gasteiger charge is -2.33. The molecule has 1 aliphatic heterocycles. The third-order valence-electron chi connectivity index (χ3n) is 5.11. The maximum absolute atomic E-state index is 13.0. The number of hydrogen-bond donors (Lipinski definition) is 0. The third kappa shape index (κ3) is 4.60. The van der Waals surface area contributed by atoms with Crippen molar-refractivity contribution < 1.29 is 21.6 Å². The van der Waals surface area contributed by atoms with Crippen molar-refractivity contribution in [1.82, 2.24) is 9.29 Å². The van der Waals surface area contributed by atoms with Crippen LogP contribution in [0.3, 0.4) is 0 Å². The molecule has 31 heavy (non-hydrogen) atoms. The van der Waals surface area contributed by atoms with E-state index in [0.717, 1.165) is 34.1 Å². The van der Waals surface area contributed by atoms with Crippen molar-refractivity contribution >= 4 is 26.5 Å². The maximum atomic E-state index is 13.0. The van der Waals surface area contributed by atoms with Crippen LogP contribution in [-0.4, -0.2) is 43.9 Å². The number of thiazole rings is 1. The van der Waals surface area contributed by atoms with Gasteiger partial charge in [0.1, 0.15) is 0 Å². The second-order valence-electron chi connectivity index (χ2n) is 7.30. The summed E-state index contributed by atoms with van der Waals surface area (Å²) in [6, 6.07) is 11.9. The number of piperazine rings is 1. The van der Waals surface area contributed by atoms with Gasteiger partial charge in [-0.2, -0.15) is 17.5 Å². The summed E-state index contributed by atoms with van der Waals surface area (Å²) >= 11 is 1.49. The lowest BCUT2D eigenvalue weighted by atomic mass is 10.1. The fraction of sp³-hybridized carbons (Fsp3) is 0.286. The number of rotatable bonds is 4. The Kier molecular flexibility index (Phi) is 5.80. The second kappa shape index (κ2) is 8.25. The molecule has 1 saturated heterocycles. The topological polar surface area (TPSA) is 53.5 Å². The van der Waals surface area contributed by atoms with Gasteiger partial charge in [-0.15, -0.1) is 11.3 Å². The third-order valence-corrected chi connectivity index (χ3v) is 7.91. The van der Waals surface area contributed by atoms with E-state index in [9.17, 15) is 21.6 Å². The first kappa shape index (κ1) is 21.8. The van der Waals surface area contributed by atoms with Crippen LogP contribution in [0.2, 0.25) is 0 Å². The van der Waals surface area contributed by atoms with E-state index in [0.29, 0.717) is 19.2 Å². The van der Waals surface area contributed by atoms with Crippen molar-refractivity contribution in [2.45, 2.75) is 18.0 Å². The smallest absolute Gasteiger partial charge is 0.345 e. The van der Waals surface area contributed by atoms with Gasteiger partial charge in [0.2, 0.25) is 10.0 Å². The number of alkyl halides is 3. The van der Waals surface area contributed by atoms with Gasteiger partial charge in [-0.05, 0) is 31.2 Å². The number of benzene rings is 2. The van der Waals surface area contributed by atoms with Crippen molar-refractivity contribution in [2.75, 3.05) is 31.1 Å². The Morgan fingerprint density at radius 2 is 1.71 bits per heavy atom. The summed E-state index contributed by atoms with van der Waals surface area (Å²) in [5.74, 6) is 0. The van der Waals surface area contributed by atoms with E-state index < -0.39 is 21.8 Å². The van der Waals surface area contributed by atoms with Crippen LogP contribution in [0.15, 0.2) is 58.8 Å². The van der Waals surface area contributed by atoms with Gasteiger partial charge in [-0.1, -0.05) is 29.8 Å². The quantitative estimate of drug-likeness (QED) is 0.561. The Bertz CT molecular complexity index is 1180. The molecular weight excluding hydrogens is 447 g/mol. The molecule has 0 spiro atoms. The summed E-state index contributed by atoms with van der Waals surface area (Å²) in [5.41, 5.74) is 2.05. The molecule has 0 saturated carbocycles. The number of halogens is 3. The molecule has 164 valence electrons. The second-order valence-corrected chi connectivity index (χ2v) is 10.1. The van der Waals surface area contributed by atoms with E-state index in [-0.39, 0.29) is 18.0 Å². The number of hydrogen-bond acceptors (Lipinski definition) is 5. The average molecular weight is 468 g/mol. The molecule has 1 aromatic heterocycles. The predicted octanol–water partition coefficient (Wildman–Crippen LogP) is 4.65. The van der Waals surface area contributed by atoms with Gasteiger partial charge >= 0.3 is 6.18 Å². The largest absolute Gasteiger partial charge is 0.416 e. The number of anilines is 1. The van der Waals surface area contributed by atoms with Crippen molar-refractivity contribution in [3.05, 3.63) is 65.0 Å². The molecule has 2 aromatic carbocycles. The molecule has 0 bridgehead atoms. The van der Waals surface area contributed by atoms with E-state index in [4.69, 9.17) is 0 Å². The Labute approximate surface area is 182 Å². The molecular formula is C21H20F3N3O2S2. The molecule has 2 heterocycles. The highest BCUT2D eigenvalue weighted by Crippen LogP contribution is 2.32. The van der Waals surface area contributed by atoms with E-state index >= 15 is 0 Å². The van der Waals surface area contributed by atoms with Gasteiger partial charge in [0.15, 0.2) is 5.13 Å². The normalized spacial score (nSPS) is 15.9. The van der Waals surface area contributed by atoms with Crippen molar-refractivity contribution in [3.63, 3.8) is 0 Å². The van der Waals surface area contributed by atoms with Gasteiger partial charge in [-0.25, -0.2) is 13.4 Å². The van der Waals surface area contributed by atoms with Gasteiger partial charge in [0.05, 0.1) is 16.2 Å². The van der Waals surface area contributed by atoms with Crippen LogP contribution in [0, 0.1) is 6.92 Å². The molecule has 1 aliphatic rings. The Balaban J connectivity index is 1.46. The van der Waals surface area contributed by atoms with Crippen LogP contribution in [-0.2, 0) is 16.2 Å². The zero-order valence-electron chi connectivity index (χ0n) is 16.6. The molecule has 0 aliphatic carbocycles. The fourth-order valence-corrected chi connectivity index (χ4v) is 5.81. The Hall–Kier alpha value is -2.43. The van der Waals surface area contributed by atoms with Gasteiger partial charge < -0.3 is 4.90 Å². The lowest BCUT2D eigenvalue weighted by Crippen LogP contribution is -2.48. The van der Waals surface area contributed by atoms with Crippen LogP contribution in [0.1, 0.15) is 11.1 Å². The van der Waals surface area contributed by atoms with Gasteiger partial charge in [-0.3, -0.25) is 0 Å². The van der Waals surface area contributed by atoms with Crippen LogP contribution in [0.25, 0.3) is 11.3 Å². The molecule has 4 rings (SSSR count). The minimum atomic E-state index is -4.59. The molecule has 0 amide bonds. The monoisotopic (exact) mass is 467 g/mol. The highest BCUT2D eigenvalue weighted by Gasteiger charge is 2.34. The van der Waals surface area contributed by atoms with Crippen molar-refractivity contribution in [1.29, 1.82) is 0 Å². The number of aryl methyl sites for hydroxylation is 1. The zero-order valence-corrected chi connectivity index (χ0v) is 18.3. The predicted molar refractivity (Wildman–Crippen MR) is 115 cm³/mol. The molecule has 0 N–H and O–H groups in total. The van der Waals surface area contributed by atoms with Crippen molar-refractivity contribution in [3.8, 4) is 11.3 Å². The summed E-state index contributed by atoms with van der Waals surface area (Å²) in [5, 5.41) is 2.77. The number of sulfonamides is 1. The minimum absolute atomic E-state index is 0.179. The van der Waals surface area contributed by atoms with Crippen molar-refractivity contribution in [2.24, 2.45) is 0 Å². The highest BCUT2D eigenvalue weighted by molar-refractivity contribution is 7.89. The molecule has 0 unspecified atom stereocenters. The van der Waals surface area contributed by atoms with Gasteiger partial charge in [0.25, 0.3) is 0 Å². The van der Waals surface area contributed by atoms with Crippen LogP contribution < -0.4 is 4.90 Å². The summed E-state index contributed by atoms with van der Waals surface area (Å²) in [6.45, 7) is 3.20. The highest BCUT2D eigenvalue weighted by atomic mass is 32.2. The van der Waals surface area contributed by atoms with E-state index in [2.05, 4.69) is 11.1 Å². The first-order valence-corrected chi connectivity index (χ1v) is 11.9. The van der Waals surface area contributed by atoms with Crippen LogP contribution in [0.4, 0.5) is 18.3 Å². The summed E-state index contributed by atoms with van der Waals surface area (Å²) < 4.78 is 65.8. The Morgan fingerprint density at radius 1 is 1.00 bits per heavy atom. The zero-order chi connectivity index (χ0) is 22.2. The molecule has 1 fully saturated rings. The first-order valence-electron chi connectivity index (χ1n) is 9.59. The fourth-order valence-electron chi connectivity index (χ4n) is 3.45. The summed E-state index contributed by atoms with van der Waals surface area (Å²) in [4.78, 5) is 6.34. The average Bonchev–Trinajstić information content (AvgIpc) is 3.24. The van der Waals surface area contributed by atoms with Gasteiger partial charge in [0, 0.05) is 37.1 Å². The maximum Gasteiger partial charge on any atom is 0.416 e. The summed E-state index contributed by atoms with van der Waals surface area (Å²) in [7, 11) is -4.00. The summed E-state index contributed by atoms with van der Waals surface area (Å²) in [6.07, 6.45) is -4.59. The molecule has 0 radical (unpaired) electrons. The minimum Gasteiger partial charge on any atom is -0.345 e. The van der Waals surface area contributed by atoms with E-state index in [1.54, 1.807) is 0 Å². The standard InChI is InChI=1S/C21H20F3N3O2S2/c1-15-4-2-5-16(12-15)19-14-30-20(25-19)26-8-10-27(11-9-26)31(28,29)18-7-3-6-17(13-18)21(22,23)24/h2-7,12-14H,8-11H2,1H3. The molecule has 10 heteroatoms. The SMILES string of the molecule is Cc1cccc(-c2csc(N3CCN(S(=O)(=O)c4cccc(C(F)(F)F)c4)CC3)n2)c1. The van der Waals surface area contributed by atoms with Crippen LogP contribution >= 0.6 is 11.3 Å². The number of aromatic nitrogens is 1. The number of nitrogens with zero attached hydrogens (tertiary/aromatic N) is 3. The van der Waals surface area contributed by atoms with E-state index in [1.165, 1.54) is 21.7 Å².